The zero-order chi connectivity index (χ0) is 26.0. The van der Waals surface area contributed by atoms with Gasteiger partial charge in [0, 0.05) is 23.8 Å². The summed E-state index contributed by atoms with van der Waals surface area (Å²) in [6, 6.07) is 0. The van der Waals surface area contributed by atoms with E-state index in [1.807, 2.05) is 0 Å². The molecule has 0 N–H and O–H groups in total. The molecule has 0 aromatic rings. The number of carbonyl (C=O) groups excluding carboxylic acids is 6. The molecular formula is C22H26CaO12. The molecule has 0 spiro atoms. The molecule has 0 amide bonds. The van der Waals surface area contributed by atoms with Gasteiger partial charge in [0.15, 0.2) is 0 Å². The first-order valence-electron chi connectivity index (χ1n) is 10.2. The molecule has 188 valence electrons. The molecule has 0 saturated heterocycles. The number of esters is 2. The zero-order valence-electron chi connectivity index (χ0n) is 19.8. The predicted octanol–water partition coefficient (Wildman–Crippen LogP) is -2.31. The average molecular weight is 523 g/mol. The summed E-state index contributed by atoms with van der Waals surface area (Å²) in [4.78, 5) is 66.0. The van der Waals surface area contributed by atoms with Gasteiger partial charge in [-0.05, 0) is 26.7 Å². The third-order valence-electron chi connectivity index (χ3n) is 5.56. The van der Waals surface area contributed by atoms with Gasteiger partial charge in [0.1, 0.15) is 24.8 Å². The number of carbonyl (C=O) groups is 6. The second-order valence-electron chi connectivity index (χ2n) is 7.60. The number of carboxylic acid groups (broad SMARTS) is 2. The van der Waals surface area contributed by atoms with Crippen LogP contribution in [0.1, 0.15) is 26.7 Å². The summed E-state index contributed by atoms with van der Waals surface area (Å²) in [5.41, 5.74) is 0.0961. The van der Waals surface area contributed by atoms with Crippen LogP contribution in [0.3, 0.4) is 0 Å². The number of carboxylic acids is 2. The number of hydrogen-bond donors (Lipinski definition) is 0. The number of aliphatic carboxylic acids is 2. The van der Waals surface area contributed by atoms with Crippen LogP contribution in [0.15, 0.2) is 23.7 Å². The Balaban J connectivity index is 0.000000642. The molecule has 6 atom stereocenters. The van der Waals surface area contributed by atoms with Gasteiger partial charge >= 0.3 is 49.7 Å². The summed E-state index contributed by atoms with van der Waals surface area (Å²) in [6.45, 7) is 3.26. The molecular weight excluding hydrogens is 496 g/mol. The van der Waals surface area contributed by atoms with Gasteiger partial charge in [0.2, 0.25) is 0 Å². The fourth-order valence-electron chi connectivity index (χ4n) is 3.68. The monoisotopic (exact) mass is 522 g/mol. The number of ether oxygens (including phenoxy) is 4. The first-order chi connectivity index (χ1) is 16.0. The minimum Gasteiger partial charge on any atom is -0.550 e. The maximum atomic E-state index is 11.4. The van der Waals surface area contributed by atoms with E-state index in [9.17, 15) is 39.0 Å². The standard InChI is InChI=1S/2C11H14O6.Ca/c2*1-6-8(4-12)7(3-10(13)14)9(5-17-6)11(15)16-2;/h2*4-8H,3H2,1-2H3,(H,13,14);/q;;+2/p-2/t2*6-,7-,8+;/m00./s1. The summed E-state index contributed by atoms with van der Waals surface area (Å²) < 4.78 is 19.3. The molecule has 2 rings (SSSR count). The maximum absolute atomic E-state index is 11.4. The van der Waals surface area contributed by atoms with Gasteiger partial charge in [-0.25, -0.2) is 9.59 Å². The number of hydrogen-bond acceptors (Lipinski definition) is 12. The quantitative estimate of drug-likeness (QED) is 0.189. The predicted molar refractivity (Wildman–Crippen MR) is 112 cm³/mol. The van der Waals surface area contributed by atoms with E-state index in [4.69, 9.17) is 9.47 Å². The smallest absolute Gasteiger partial charge is 0.550 e. The third-order valence-corrected chi connectivity index (χ3v) is 5.56. The van der Waals surface area contributed by atoms with Crippen molar-refractivity contribution in [3.05, 3.63) is 23.7 Å². The summed E-state index contributed by atoms with van der Waals surface area (Å²) >= 11 is 0. The first kappa shape index (κ1) is 32.6. The molecule has 13 heteroatoms. The van der Waals surface area contributed by atoms with Crippen molar-refractivity contribution in [2.24, 2.45) is 23.7 Å². The van der Waals surface area contributed by atoms with Crippen LogP contribution >= 0.6 is 0 Å². The summed E-state index contributed by atoms with van der Waals surface area (Å²) in [5.74, 6) is -7.00. The van der Waals surface area contributed by atoms with Crippen molar-refractivity contribution >= 4 is 74.2 Å². The van der Waals surface area contributed by atoms with E-state index < -0.39 is 72.6 Å². The molecule has 0 unspecified atom stereocenters. The molecule has 0 aliphatic carbocycles. The van der Waals surface area contributed by atoms with Crippen LogP contribution in [0.4, 0.5) is 0 Å². The number of methoxy groups -OCH3 is 2. The summed E-state index contributed by atoms with van der Waals surface area (Å²) in [5, 5.41) is 21.3. The van der Waals surface area contributed by atoms with Crippen molar-refractivity contribution in [2.45, 2.75) is 38.9 Å². The van der Waals surface area contributed by atoms with Crippen molar-refractivity contribution in [3.8, 4) is 0 Å². The van der Waals surface area contributed by atoms with Crippen LogP contribution in [-0.4, -0.2) is 101 Å². The first-order valence-corrected chi connectivity index (χ1v) is 10.2. The Hall–Kier alpha value is -2.44. The van der Waals surface area contributed by atoms with Gasteiger partial charge in [-0.2, -0.15) is 0 Å². The van der Waals surface area contributed by atoms with E-state index in [0.29, 0.717) is 12.6 Å². The molecule has 0 aromatic carbocycles. The molecule has 2 aliphatic rings. The Morgan fingerprint density at radius 2 is 1.11 bits per heavy atom. The molecule has 0 aromatic heterocycles. The van der Waals surface area contributed by atoms with Crippen LogP contribution in [0, 0.1) is 23.7 Å². The van der Waals surface area contributed by atoms with Gasteiger partial charge in [-0.3, -0.25) is 0 Å². The van der Waals surface area contributed by atoms with Crippen molar-refractivity contribution in [1.29, 1.82) is 0 Å². The molecule has 12 nitrogen and oxygen atoms in total. The van der Waals surface area contributed by atoms with Crippen molar-refractivity contribution in [1.82, 2.24) is 0 Å². The number of aldehydes is 2. The second-order valence-corrected chi connectivity index (χ2v) is 7.60. The Bertz CT molecular complexity index is 794. The normalized spacial score (nSPS) is 26.9. The molecule has 0 radical (unpaired) electrons. The van der Waals surface area contributed by atoms with Crippen LogP contribution in [-0.2, 0) is 47.7 Å². The van der Waals surface area contributed by atoms with Crippen molar-refractivity contribution in [2.75, 3.05) is 14.2 Å². The average Bonchev–Trinajstić information content (AvgIpc) is 2.78. The van der Waals surface area contributed by atoms with Crippen LogP contribution in [0.2, 0.25) is 0 Å². The van der Waals surface area contributed by atoms with Gasteiger partial charge in [0.05, 0.1) is 49.7 Å². The van der Waals surface area contributed by atoms with Crippen LogP contribution in [0.25, 0.3) is 0 Å². The second kappa shape index (κ2) is 15.5. The minimum atomic E-state index is -1.33. The van der Waals surface area contributed by atoms with Crippen molar-refractivity contribution in [3.63, 3.8) is 0 Å². The van der Waals surface area contributed by atoms with Crippen molar-refractivity contribution < 1.29 is 57.9 Å². The van der Waals surface area contributed by atoms with Gasteiger partial charge in [-0.15, -0.1) is 0 Å². The van der Waals surface area contributed by atoms with E-state index in [1.165, 1.54) is 14.2 Å². The Morgan fingerprint density at radius 1 is 0.800 bits per heavy atom. The molecule has 0 fully saturated rings. The van der Waals surface area contributed by atoms with Gasteiger partial charge < -0.3 is 48.3 Å². The molecule has 2 heterocycles. The molecule has 35 heavy (non-hydrogen) atoms. The van der Waals surface area contributed by atoms with Crippen LogP contribution < -0.4 is 10.2 Å². The maximum Gasteiger partial charge on any atom is 2.00 e. The summed E-state index contributed by atoms with van der Waals surface area (Å²) in [6.07, 6.45) is 1.70. The summed E-state index contributed by atoms with van der Waals surface area (Å²) in [7, 11) is 2.35. The molecule has 0 saturated carbocycles. The van der Waals surface area contributed by atoms with E-state index in [1.54, 1.807) is 13.8 Å². The largest absolute Gasteiger partial charge is 2.00 e. The Kier molecular flexibility index (Phi) is 14.5. The van der Waals surface area contributed by atoms with Gasteiger partial charge in [-0.1, -0.05) is 0 Å². The molecule has 2 aliphatic heterocycles. The Labute approximate surface area is 231 Å². The fraction of sp³-hybridized carbons (Fsp3) is 0.545. The Morgan fingerprint density at radius 3 is 1.34 bits per heavy atom. The van der Waals surface area contributed by atoms with E-state index in [-0.39, 0.29) is 48.9 Å². The van der Waals surface area contributed by atoms with Crippen LogP contribution in [0.5, 0.6) is 0 Å². The fourth-order valence-corrected chi connectivity index (χ4v) is 3.68. The number of rotatable bonds is 8. The van der Waals surface area contributed by atoms with E-state index >= 15 is 0 Å². The SMILES string of the molecule is COC(=O)C1=CO[C@@H](C)[C@@H](C=O)[C@@H]1CC(=O)[O-].COC(=O)C1=CO[C@@H](C)[C@@H](C=O)[C@@H]1CC(=O)[O-].[Ca+2]. The van der Waals surface area contributed by atoms with E-state index in [2.05, 4.69) is 9.47 Å². The zero-order valence-corrected chi connectivity index (χ0v) is 22.0. The third kappa shape index (κ3) is 8.93. The van der Waals surface area contributed by atoms with E-state index in [0.717, 1.165) is 12.5 Å². The topological polar surface area (TPSA) is 185 Å². The minimum absolute atomic E-state index is 0. The molecule has 0 bridgehead atoms. The van der Waals surface area contributed by atoms with Gasteiger partial charge in [0.25, 0.3) is 0 Å².